The smallest absolute Gasteiger partial charge is 0.407 e. The second kappa shape index (κ2) is 11.6. The molecule has 0 radical (unpaired) electrons. The minimum Gasteiger partial charge on any atom is -0.445 e. The van der Waals surface area contributed by atoms with Crippen molar-refractivity contribution >= 4 is 6.09 Å². The molecule has 36 heavy (non-hydrogen) atoms. The van der Waals surface area contributed by atoms with E-state index in [2.05, 4.69) is 5.32 Å². The van der Waals surface area contributed by atoms with E-state index in [4.69, 9.17) is 23.7 Å². The van der Waals surface area contributed by atoms with Gasteiger partial charge in [0.25, 0.3) is 0 Å². The van der Waals surface area contributed by atoms with Crippen molar-refractivity contribution in [1.29, 1.82) is 0 Å². The normalized spacial score (nSPS) is 27.6. The van der Waals surface area contributed by atoms with Gasteiger partial charge in [0, 0.05) is 5.56 Å². The Morgan fingerprint density at radius 2 is 1.47 bits per heavy atom. The number of rotatable bonds is 7. The number of fused-ring (bicyclic) bond motifs is 1. The van der Waals surface area contributed by atoms with Gasteiger partial charge in [-0.25, -0.2) is 4.79 Å². The molecule has 2 aliphatic heterocycles. The van der Waals surface area contributed by atoms with Crippen LogP contribution in [-0.2, 0) is 36.9 Å². The zero-order chi connectivity index (χ0) is 24.7. The van der Waals surface area contributed by atoms with Gasteiger partial charge in [0.15, 0.2) is 12.6 Å². The summed E-state index contributed by atoms with van der Waals surface area (Å²) in [6.45, 7) is 0.539. The Morgan fingerprint density at radius 1 is 0.861 bits per heavy atom. The van der Waals surface area contributed by atoms with E-state index in [1.54, 1.807) is 0 Å². The summed E-state index contributed by atoms with van der Waals surface area (Å²) in [6, 6.07) is 27.5. The molecule has 2 heterocycles. The number of aliphatic hydroxyl groups is 1. The van der Waals surface area contributed by atoms with Crippen LogP contribution in [0.3, 0.4) is 0 Å². The van der Waals surface area contributed by atoms with E-state index in [0.29, 0.717) is 0 Å². The zero-order valence-corrected chi connectivity index (χ0v) is 19.6. The number of ether oxygens (including phenoxy) is 5. The van der Waals surface area contributed by atoms with Gasteiger partial charge in [-0.05, 0) is 11.1 Å². The first-order chi connectivity index (χ1) is 17.7. The predicted molar refractivity (Wildman–Crippen MR) is 129 cm³/mol. The summed E-state index contributed by atoms with van der Waals surface area (Å²) in [4.78, 5) is 12.7. The third kappa shape index (κ3) is 5.92. The highest BCUT2D eigenvalue weighted by Crippen LogP contribution is 2.34. The highest BCUT2D eigenvalue weighted by Gasteiger charge is 2.50. The molecule has 8 heteroatoms. The van der Waals surface area contributed by atoms with E-state index in [9.17, 15) is 9.90 Å². The third-order valence-corrected chi connectivity index (χ3v) is 6.19. The van der Waals surface area contributed by atoms with Crippen LogP contribution in [0.25, 0.3) is 0 Å². The molecule has 0 spiro atoms. The van der Waals surface area contributed by atoms with Crippen molar-refractivity contribution < 1.29 is 33.6 Å². The second-order valence-corrected chi connectivity index (χ2v) is 8.74. The average Bonchev–Trinajstić information content (AvgIpc) is 2.94. The molecule has 1 amide bonds. The van der Waals surface area contributed by atoms with Gasteiger partial charge in [-0.15, -0.1) is 0 Å². The number of amides is 1. The van der Waals surface area contributed by atoms with Crippen molar-refractivity contribution in [2.24, 2.45) is 0 Å². The fourth-order valence-corrected chi connectivity index (χ4v) is 4.32. The lowest BCUT2D eigenvalue weighted by Crippen LogP contribution is -2.66. The predicted octanol–water partition coefficient (Wildman–Crippen LogP) is 3.70. The lowest BCUT2D eigenvalue weighted by Gasteiger charge is -2.47. The third-order valence-electron chi connectivity index (χ3n) is 6.19. The fraction of sp³-hybridized carbons (Fsp3) is 0.321. The van der Waals surface area contributed by atoms with E-state index in [0.717, 1.165) is 16.7 Å². The molecule has 0 bridgehead atoms. The van der Waals surface area contributed by atoms with Crippen LogP contribution < -0.4 is 5.32 Å². The standard InChI is InChI=1S/C28H29NO7/c30-24-23(29-28(31)34-17-20-12-6-2-7-13-20)27(32-16-19-10-4-1-5-11-19)35-22-18-33-26(36-25(22)24)21-14-8-3-9-15-21/h1-15,22-27,30H,16-18H2,(H,29,31)/t22-,23-,24-,25+,26-,27-/m1/s1. The van der Waals surface area contributed by atoms with Crippen LogP contribution in [-0.4, -0.2) is 48.5 Å². The maximum absolute atomic E-state index is 12.7. The van der Waals surface area contributed by atoms with Crippen LogP contribution in [0.15, 0.2) is 91.0 Å². The van der Waals surface area contributed by atoms with Gasteiger partial charge < -0.3 is 34.1 Å². The molecule has 6 atom stereocenters. The van der Waals surface area contributed by atoms with Gasteiger partial charge in [-0.2, -0.15) is 0 Å². The molecule has 5 rings (SSSR count). The van der Waals surface area contributed by atoms with E-state index < -0.39 is 43.0 Å². The number of carbonyl (C=O) groups is 1. The molecule has 2 fully saturated rings. The van der Waals surface area contributed by atoms with Crippen LogP contribution in [0.1, 0.15) is 23.0 Å². The monoisotopic (exact) mass is 491 g/mol. The first-order valence-corrected chi connectivity index (χ1v) is 12.0. The first-order valence-electron chi connectivity index (χ1n) is 12.0. The number of carbonyl (C=O) groups excluding carboxylic acids is 1. The van der Waals surface area contributed by atoms with Crippen molar-refractivity contribution in [3.8, 4) is 0 Å². The fourth-order valence-electron chi connectivity index (χ4n) is 4.32. The molecular formula is C28H29NO7. The van der Waals surface area contributed by atoms with Crippen LogP contribution in [0, 0.1) is 0 Å². The first kappa shape index (κ1) is 24.4. The zero-order valence-electron chi connectivity index (χ0n) is 19.6. The molecular weight excluding hydrogens is 462 g/mol. The largest absolute Gasteiger partial charge is 0.445 e. The number of alkyl carbamates (subject to hydrolysis) is 1. The Kier molecular flexibility index (Phi) is 7.90. The van der Waals surface area contributed by atoms with Crippen LogP contribution in [0.2, 0.25) is 0 Å². The molecule has 188 valence electrons. The Bertz CT molecular complexity index is 1100. The number of hydrogen-bond donors (Lipinski definition) is 2. The van der Waals surface area contributed by atoms with Crippen molar-refractivity contribution in [1.82, 2.24) is 5.32 Å². The molecule has 3 aromatic carbocycles. The Hall–Kier alpha value is -3.27. The summed E-state index contributed by atoms with van der Waals surface area (Å²) in [5, 5.41) is 14.1. The quantitative estimate of drug-likeness (QED) is 0.520. The molecule has 0 aliphatic carbocycles. The number of benzene rings is 3. The average molecular weight is 492 g/mol. The van der Waals surface area contributed by atoms with E-state index >= 15 is 0 Å². The van der Waals surface area contributed by atoms with Crippen molar-refractivity contribution in [3.05, 3.63) is 108 Å². The topological polar surface area (TPSA) is 95.5 Å². The van der Waals surface area contributed by atoms with Crippen molar-refractivity contribution in [2.75, 3.05) is 6.61 Å². The lowest BCUT2D eigenvalue weighted by atomic mass is 9.96. The Balaban J connectivity index is 1.28. The van der Waals surface area contributed by atoms with Crippen molar-refractivity contribution in [2.45, 2.75) is 50.1 Å². The molecule has 3 aromatic rings. The molecule has 0 unspecified atom stereocenters. The molecule has 0 aromatic heterocycles. The molecule has 2 N–H and O–H groups in total. The van der Waals surface area contributed by atoms with Crippen LogP contribution >= 0.6 is 0 Å². The summed E-state index contributed by atoms with van der Waals surface area (Å²) in [5.74, 6) is 0. The van der Waals surface area contributed by atoms with E-state index in [-0.39, 0.29) is 19.8 Å². The summed E-state index contributed by atoms with van der Waals surface area (Å²) >= 11 is 0. The molecule has 2 aliphatic rings. The number of aliphatic hydroxyl groups excluding tert-OH is 1. The highest BCUT2D eigenvalue weighted by atomic mass is 16.7. The summed E-state index contributed by atoms with van der Waals surface area (Å²) in [5.41, 5.74) is 2.62. The van der Waals surface area contributed by atoms with Gasteiger partial charge in [0.1, 0.15) is 31.0 Å². The molecule has 2 saturated heterocycles. The minimum atomic E-state index is -1.12. The molecule has 0 saturated carbocycles. The maximum Gasteiger partial charge on any atom is 0.407 e. The van der Waals surface area contributed by atoms with Gasteiger partial charge in [-0.3, -0.25) is 0 Å². The maximum atomic E-state index is 12.7. The Morgan fingerprint density at radius 3 is 2.14 bits per heavy atom. The van der Waals surface area contributed by atoms with Gasteiger partial charge >= 0.3 is 6.09 Å². The van der Waals surface area contributed by atoms with Crippen LogP contribution in [0.5, 0.6) is 0 Å². The van der Waals surface area contributed by atoms with Crippen LogP contribution in [0.4, 0.5) is 4.79 Å². The lowest BCUT2D eigenvalue weighted by molar-refractivity contribution is -0.345. The SMILES string of the molecule is O=C(N[C@H]1[C@H](OCc2ccccc2)O[C@@H]2CO[C@@H](c3ccccc3)O[C@@H]2[C@@H]1O)OCc1ccccc1. The van der Waals surface area contributed by atoms with Gasteiger partial charge in [0.05, 0.1) is 13.2 Å². The Labute approximate surface area is 209 Å². The summed E-state index contributed by atoms with van der Waals surface area (Å²) in [6.07, 6.45) is -4.71. The summed E-state index contributed by atoms with van der Waals surface area (Å²) in [7, 11) is 0. The highest BCUT2D eigenvalue weighted by molar-refractivity contribution is 5.67. The van der Waals surface area contributed by atoms with E-state index in [1.165, 1.54) is 0 Å². The van der Waals surface area contributed by atoms with Gasteiger partial charge in [-0.1, -0.05) is 91.0 Å². The second-order valence-electron chi connectivity index (χ2n) is 8.74. The van der Waals surface area contributed by atoms with E-state index in [1.807, 2.05) is 91.0 Å². The summed E-state index contributed by atoms with van der Waals surface area (Å²) < 4.78 is 29.5. The minimum absolute atomic E-state index is 0.0956. The van der Waals surface area contributed by atoms with Crippen molar-refractivity contribution in [3.63, 3.8) is 0 Å². The molecule has 8 nitrogen and oxygen atoms in total. The number of hydrogen-bond acceptors (Lipinski definition) is 7. The number of nitrogens with one attached hydrogen (secondary N) is 1. The van der Waals surface area contributed by atoms with Gasteiger partial charge in [0.2, 0.25) is 0 Å².